The number of fused-ring (bicyclic) bond motifs is 3. The van der Waals surface area contributed by atoms with Crippen molar-refractivity contribution in [2.75, 3.05) is 0 Å². The van der Waals surface area contributed by atoms with E-state index in [1.54, 1.807) is 0 Å². The van der Waals surface area contributed by atoms with E-state index in [1.165, 1.54) is 22.3 Å². The van der Waals surface area contributed by atoms with E-state index in [-0.39, 0.29) is 20.1 Å². The zero-order valence-corrected chi connectivity index (χ0v) is 27.5. The molecule has 5 aromatic carbocycles. The first kappa shape index (κ1) is 30.9. The molecular weight excluding hydrogens is 741 g/mol. The van der Waals surface area contributed by atoms with Crippen LogP contribution in [0.25, 0.3) is 44.5 Å². The van der Waals surface area contributed by atoms with Gasteiger partial charge < -0.3 is 14.4 Å². The van der Waals surface area contributed by atoms with E-state index in [9.17, 15) is 0 Å². The molecule has 0 N–H and O–H groups in total. The maximum Gasteiger partial charge on any atom is 0.120 e. The first-order chi connectivity index (χ1) is 22.3. The monoisotopic (exact) mass is 771 g/mol. The van der Waals surface area contributed by atoms with E-state index in [4.69, 9.17) is 4.42 Å². The minimum Gasteiger partial charge on any atom is -0.500 e. The average Bonchev–Trinajstić information content (AvgIpc) is 3.48. The zero-order chi connectivity index (χ0) is 30.3. The Balaban J connectivity index is 0.000000166. The quantitative estimate of drug-likeness (QED) is 0.158. The van der Waals surface area contributed by atoms with Crippen LogP contribution >= 0.6 is 0 Å². The Bertz CT molecular complexity index is 2160. The van der Waals surface area contributed by atoms with Gasteiger partial charge in [0.05, 0.1) is 5.58 Å². The third-order valence-corrected chi connectivity index (χ3v) is 7.76. The summed E-state index contributed by atoms with van der Waals surface area (Å²) in [6.45, 7) is 0. The number of aromatic nitrogens is 2. The van der Waals surface area contributed by atoms with E-state index in [0.717, 1.165) is 57.3 Å². The minimum absolute atomic E-state index is 0. The Morgan fingerprint density at radius 1 is 0.522 bits per heavy atom. The molecule has 3 nitrogen and oxygen atoms in total. The number of pyridine rings is 2. The number of para-hydroxylation sites is 1. The molecule has 1 radical (unpaired) electrons. The predicted octanol–water partition coefficient (Wildman–Crippen LogP) is 10.2. The fourth-order valence-electron chi connectivity index (χ4n) is 5.56. The van der Waals surface area contributed by atoms with Crippen LogP contribution in [0.2, 0.25) is 0 Å². The van der Waals surface area contributed by atoms with Gasteiger partial charge in [0.15, 0.2) is 0 Å². The second kappa shape index (κ2) is 14.8. The number of nitrogens with zero attached hydrogens (tertiary/aromatic N) is 2. The summed E-state index contributed by atoms with van der Waals surface area (Å²) in [5.41, 5.74) is 10.9. The van der Waals surface area contributed by atoms with Gasteiger partial charge in [-0.25, -0.2) is 0 Å². The van der Waals surface area contributed by atoms with Crippen LogP contribution in [0.5, 0.6) is 0 Å². The molecule has 4 heteroatoms. The van der Waals surface area contributed by atoms with Gasteiger partial charge in [0.2, 0.25) is 0 Å². The summed E-state index contributed by atoms with van der Waals surface area (Å²) in [5, 5.41) is 2.22. The molecule has 0 saturated heterocycles. The Kier molecular flexibility index (Phi) is 9.90. The van der Waals surface area contributed by atoms with Gasteiger partial charge in [-0.3, -0.25) is 0 Å². The summed E-state index contributed by atoms with van der Waals surface area (Å²) in [6, 6.07) is 56.1. The maximum absolute atomic E-state index is 5.89. The number of hydrogen-bond acceptors (Lipinski definition) is 3. The van der Waals surface area contributed by atoms with Crippen molar-refractivity contribution in [1.82, 2.24) is 9.97 Å². The van der Waals surface area contributed by atoms with Gasteiger partial charge in [0.1, 0.15) is 5.58 Å². The number of furan rings is 1. The van der Waals surface area contributed by atoms with Crippen LogP contribution in [0.3, 0.4) is 0 Å². The molecule has 225 valence electrons. The summed E-state index contributed by atoms with van der Waals surface area (Å²) in [6.07, 6.45) is 5.50. The van der Waals surface area contributed by atoms with Crippen LogP contribution < -0.4 is 0 Å². The minimum atomic E-state index is 0. The SMILES string of the molecule is [Ir].[c-]1cc2oc3ccccc3c2cc1-c1cc(Cc2ccccc2)ccn1.[c-]1cccc(Cc2ccccc2)c1-c1ccccn1. The van der Waals surface area contributed by atoms with Crippen LogP contribution in [0.4, 0.5) is 0 Å². The molecule has 46 heavy (non-hydrogen) atoms. The van der Waals surface area contributed by atoms with E-state index in [1.807, 2.05) is 79.1 Å². The average molecular weight is 771 g/mol. The topological polar surface area (TPSA) is 38.9 Å². The summed E-state index contributed by atoms with van der Waals surface area (Å²) >= 11 is 0. The molecule has 0 aliphatic carbocycles. The van der Waals surface area contributed by atoms with Crippen LogP contribution in [-0.4, -0.2) is 9.97 Å². The summed E-state index contributed by atoms with van der Waals surface area (Å²) in [5.74, 6) is 0. The fourth-order valence-corrected chi connectivity index (χ4v) is 5.56. The van der Waals surface area contributed by atoms with Crippen LogP contribution in [0, 0.1) is 12.1 Å². The maximum atomic E-state index is 5.89. The third kappa shape index (κ3) is 7.21. The van der Waals surface area contributed by atoms with Gasteiger partial charge in [-0.05, 0) is 53.6 Å². The van der Waals surface area contributed by atoms with Crippen molar-refractivity contribution in [3.8, 4) is 22.5 Å². The van der Waals surface area contributed by atoms with Gasteiger partial charge in [-0.1, -0.05) is 108 Å². The van der Waals surface area contributed by atoms with Crippen molar-refractivity contribution in [3.63, 3.8) is 0 Å². The Labute approximate surface area is 283 Å². The van der Waals surface area contributed by atoms with E-state index in [2.05, 4.69) is 101 Å². The smallest absolute Gasteiger partial charge is 0.120 e. The van der Waals surface area contributed by atoms with Gasteiger partial charge in [-0.2, -0.15) is 0 Å². The van der Waals surface area contributed by atoms with Crippen molar-refractivity contribution in [2.24, 2.45) is 0 Å². The molecule has 8 rings (SSSR count). The second-order valence-electron chi connectivity index (χ2n) is 10.9. The normalized spacial score (nSPS) is 10.6. The Morgan fingerprint density at radius 2 is 1.24 bits per heavy atom. The fraction of sp³-hybridized carbons (Fsp3) is 0.0476. The van der Waals surface area contributed by atoms with Gasteiger partial charge >= 0.3 is 0 Å². The molecule has 3 aromatic heterocycles. The van der Waals surface area contributed by atoms with Crippen molar-refractivity contribution >= 4 is 21.9 Å². The number of hydrogen-bond donors (Lipinski definition) is 0. The molecular formula is C42H30IrN2O-2. The Morgan fingerprint density at radius 3 is 2.02 bits per heavy atom. The third-order valence-electron chi connectivity index (χ3n) is 7.76. The molecule has 0 atom stereocenters. The molecule has 0 bridgehead atoms. The largest absolute Gasteiger partial charge is 0.500 e. The van der Waals surface area contributed by atoms with Gasteiger partial charge in [0.25, 0.3) is 0 Å². The standard InChI is InChI=1S/C24H16NO.C18H14N.Ir/c1-2-6-17(7-3-1)14-18-12-13-25-22(15-18)19-10-11-24-21(16-19)20-8-4-5-9-23(20)26-24;1-2-8-15(9-3-1)14-16-10-4-5-11-17(16)18-12-6-7-13-19-18;/h1-9,11-13,15-16H,14H2;1-10,12-13H,14H2;/q2*-1;. The Hall–Kier alpha value is -5.15. The molecule has 0 unspecified atom stereocenters. The van der Waals surface area contributed by atoms with Gasteiger partial charge in [0, 0.05) is 37.9 Å². The molecule has 0 amide bonds. The van der Waals surface area contributed by atoms with Crippen molar-refractivity contribution in [2.45, 2.75) is 12.8 Å². The van der Waals surface area contributed by atoms with Crippen molar-refractivity contribution in [3.05, 3.63) is 192 Å². The van der Waals surface area contributed by atoms with Crippen molar-refractivity contribution < 1.29 is 24.5 Å². The first-order valence-corrected chi connectivity index (χ1v) is 15.1. The molecule has 0 spiro atoms. The predicted molar refractivity (Wildman–Crippen MR) is 183 cm³/mol. The summed E-state index contributed by atoms with van der Waals surface area (Å²) in [7, 11) is 0. The molecule has 0 aliphatic rings. The van der Waals surface area contributed by atoms with Crippen LogP contribution in [-0.2, 0) is 32.9 Å². The number of benzene rings is 5. The molecule has 8 aromatic rings. The summed E-state index contributed by atoms with van der Waals surface area (Å²) < 4.78 is 5.89. The molecule has 0 aliphatic heterocycles. The van der Waals surface area contributed by atoms with Crippen LogP contribution in [0.15, 0.2) is 162 Å². The van der Waals surface area contributed by atoms with Crippen molar-refractivity contribution in [1.29, 1.82) is 0 Å². The van der Waals surface area contributed by atoms with Crippen LogP contribution in [0.1, 0.15) is 22.3 Å². The molecule has 0 saturated carbocycles. The summed E-state index contributed by atoms with van der Waals surface area (Å²) in [4.78, 5) is 8.98. The van der Waals surface area contributed by atoms with E-state index >= 15 is 0 Å². The molecule has 0 fully saturated rings. The van der Waals surface area contributed by atoms with Gasteiger partial charge in [-0.15, -0.1) is 59.2 Å². The number of rotatable bonds is 6. The van der Waals surface area contributed by atoms with E-state index in [0.29, 0.717) is 0 Å². The molecule has 3 heterocycles. The zero-order valence-electron chi connectivity index (χ0n) is 25.1. The second-order valence-corrected chi connectivity index (χ2v) is 10.9. The first-order valence-electron chi connectivity index (χ1n) is 15.1. The van der Waals surface area contributed by atoms with E-state index < -0.39 is 0 Å².